The van der Waals surface area contributed by atoms with E-state index in [9.17, 15) is 8.42 Å². The van der Waals surface area contributed by atoms with E-state index in [1.807, 2.05) is 25.1 Å². The first-order chi connectivity index (χ1) is 9.90. The molecule has 1 aromatic carbocycles. The molecule has 1 aliphatic rings. The van der Waals surface area contributed by atoms with Gasteiger partial charge >= 0.3 is 0 Å². The fraction of sp³-hybridized carbons (Fsp3) is 0.600. The van der Waals surface area contributed by atoms with Crippen molar-refractivity contribution in [2.24, 2.45) is 0 Å². The lowest BCUT2D eigenvalue weighted by Crippen LogP contribution is -2.28. The van der Waals surface area contributed by atoms with Crippen LogP contribution in [0.3, 0.4) is 0 Å². The van der Waals surface area contributed by atoms with Gasteiger partial charge in [-0.2, -0.15) is 0 Å². The van der Waals surface area contributed by atoms with Crippen molar-refractivity contribution < 1.29 is 13.2 Å². The maximum atomic E-state index is 11.7. The SMILES string of the molecule is CCOc1ccc(N)c(SC2CCCC(S(C)(=O)=O)C2)c1. The van der Waals surface area contributed by atoms with Crippen LogP contribution >= 0.6 is 11.8 Å². The Morgan fingerprint density at radius 3 is 2.81 bits per heavy atom. The molecule has 1 saturated carbocycles. The Labute approximate surface area is 131 Å². The van der Waals surface area contributed by atoms with Gasteiger partial charge < -0.3 is 10.5 Å². The van der Waals surface area contributed by atoms with Crippen molar-refractivity contribution in [3.8, 4) is 5.75 Å². The van der Waals surface area contributed by atoms with Crippen LogP contribution in [0.15, 0.2) is 23.1 Å². The Bertz CT molecular complexity index is 587. The third kappa shape index (κ3) is 4.54. The molecule has 4 nitrogen and oxygen atoms in total. The lowest BCUT2D eigenvalue weighted by atomic mass is 10.00. The highest BCUT2D eigenvalue weighted by Gasteiger charge is 2.29. The zero-order chi connectivity index (χ0) is 15.5. The molecule has 2 atom stereocenters. The third-order valence-corrected chi connectivity index (χ3v) is 6.78. The van der Waals surface area contributed by atoms with Crippen LogP contribution in [-0.2, 0) is 9.84 Å². The van der Waals surface area contributed by atoms with Gasteiger partial charge in [-0.25, -0.2) is 8.42 Å². The zero-order valence-electron chi connectivity index (χ0n) is 12.5. The summed E-state index contributed by atoms with van der Waals surface area (Å²) in [5.74, 6) is 0.810. The fourth-order valence-corrected chi connectivity index (χ4v) is 5.31. The molecule has 0 saturated heterocycles. The molecule has 0 heterocycles. The summed E-state index contributed by atoms with van der Waals surface area (Å²) in [5.41, 5.74) is 6.76. The van der Waals surface area contributed by atoms with Crippen LogP contribution < -0.4 is 10.5 Å². The van der Waals surface area contributed by atoms with E-state index in [0.29, 0.717) is 18.3 Å². The smallest absolute Gasteiger partial charge is 0.150 e. The van der Waals surface area contributed by atoms with Crippen molar-refractivity contribution in [2.75, 3.05) is 18.6 Å². The molecule has 6 heteroatoms. The number of ether oxygens (including phenoxy) is 1. The van der Waals surface area contributed by atoms with Crippen LogP contribution in [0, 0.1) is 0 Å². The Hall–Kier alpha value is -0.880. The second-order valence-electron chi connectivity index (χ2n) is 5.49. The molecular formula is C15H23NO3S2. The van der Waals surface area contributed by atoms with E-state index in [0.717, 1.165) is 35.6 Å². The molecule has 1 aromatic rings. The summed E-state index contributed by atoms with van der Waals surface area (Å²) >= 11 is 1.68. The summed E-state index contributed by atoms with van der Waals surface area (Å²) in [4.78, 5) is 0.986. The van der Waals surface area contributed by atoms with Crippen LogP contribution in [0.4, 0.5) is 5.69 Å². The molecule has 0 spiro atoms. The van der Waals surface area contributed by atoms with E-state index in [1.54, 1.807) is 11.8 Å². The van der Waals surface area contributed by atoms with Crippen LogP contribution in [-0.4, -0.2) is 31.8 Å². The summed E-state index contributed by atoms with van der Waals surface area (Å²) in [5, 5.41) is 0.0951. The van der Waals surface area contributed by atoms with Crippen molar-refractivity contribution in [3.63, 3.8) is 0 Å². The highest BCUT2D eigenvalue weighted by Crippen LogP contribution is 2.39. The number of benzene rings is 1. The molecule has 0 radical (unpaired) electrons. The molecule has 0 aromatic heterocycles. The van der Waals surface area contributed by atoms with E-state index in [2.05, 4.69) is 0 Å². The highest BCUT2D eigenvalue weighted by atomic mass is 32.2. The van der Waals surface area contributed by atoms with Crippen LogP contribution in [0.2, 0.25) is 0 Å². The third-order valence-electron chi connectivity index (χ3n) is 3.77. The maximum Gasteiger partial charge on any atom is 0.150 e. The summed E-state index contributed by atoms with van der Waals surface area (Å²) in [6, 6.07) is 5.67. The lowest BCUT2D eigenvalue weighted by molar-refractivity contribution is 0.339. The molecule has 2 unspecified atom stereocenters. The van der Waals surface area contributed by atoms with Crippen LogP contribution in [0.5, 0.6) is 5.75 Å². The fourth-order valence-electron chi connectivity index (χ4n) is 2.65. The number of rotatable bonds is 5. The number of nitrogen functional groups attached to an aromatic ring is 1. The number of nitrogens with two attached hydrogens (primary N) is 1. The lowest BCUT2D eigenvalue weighted by Gasteiger charge is -2.27. The summed E-state index contributed by atoms with van der Waals surface area (Å²) < 4.78 is 29.0. The molecule has 0 aliphatic heterocycles. The molecule has 118 valence electrons. The first-order valence-electron chi connectivity index (χ1n) is 7.28. The molecular weight excluding hydrogens is 306 g/mol. The average Bonchev–Trinajstić information content (AvgIpc) is 2.42. The number of thioether (sulfide) groups is 1. The van der Waals surface area contributed by atoms with E-state index >= 15 is 0 Å². The monoisotopic (exact) mass is 329 g/mol. The second kappa shape index (κ2) is 6.92. The van der Waals surface area contributed by atoms with Crippen molar-refractivity contribution in [2.45, 2.75) is 48.0 Å². The maximum absolute atomic E-state index is 11.7. The Morgan fingerprint density at radius 2 is 2.14 bits per heavy atom. The molecule has 1 aliphatic carbocycles. The van der Waals surface area contributed by atoms with Gasteiger partial charge in [0.15, 0.2) is 0 Å². The first kappa shape index (κ1) is 16.5. The summed E-state index contributed by atoms with van der Waals surface area (Å²) in [7, 11) is -2.95. The molecule has 0 bridgehead atoms. The first-order valence-corrected chi connectivity index (χ1v) is 10.1. The van der Waals surface area contributed by atoms with Crippen molar-refractivity contribution in [1.29, 1.82) is 0 Å². The molecule has 1 fully saturated rings. The molecule has 0 amide bonds. The van der Waals surface area contributed by atoms with Gasteiger partial charge in [0.25, 0.3) is 0 Å². The zero-order valence-corrected chi connectivity index (χ0v) is 14.2. The Morgan fingerprint density at radius 1 is 1.38 bits per heavy atom. The van der Waals surface area contributed by atoms with E-state index in [4.69, 9.17) is 10.5 Å². The number of hydrogen-bond donors (Lipinski definition) is 1. The predicted molar refractivity (Wildman–Crippen MR) is 88.8 cm³/mol. The van der Waals surface area contributed by atoms with E-state index < -0.39 is 9.84 Å². The molecule has 21 heavy (non-hydrogen) atoms. The van der Waals surface area contributed by atoms with Gasteiger partial charge in [-0.3, -0.25) is 0 Å². The predicted octanol–water partition coefficient (Wildman–Crippen LogP) is 3.12. The number of anilines is 1. The van der Waals surface area contributed by atoms with Gasteiger partial charge in [0, 0.05) is 22.1 Å². The molecule has 2 N–H and O–H groups in total. The minimum Gasteiger partial charge on any atom is -0.494 e. The minimum atomic E-state index is -2.95. The quantitative estimate of drug-likeness (QED) is 0.841. The number of sulfone groups is 1. The molecule has 2 rings (SSSR count). The highest BCUT2D eigenvalue weighted by molar-refractivity contribution is 8.00. The van der Waals surface area contributed by atoms with Crippen LogP contribution in [0.25, 0.3) is 0 Å². The van der Waals surface area contributed by atoms with E-state index in [-0.39, 0.29) is 5.25 Å². The Balaban J connectivity index is 2.09. The van der Waals surface area contributed by atoms with Crippen LogP contribution in [0.1, 0.15) is 32.6 Å². The van der Waals surface area contributed by atoms with Crippen molar-refractivity contribution in [3.05, 3.63) is 18.2 Å². The van der Waals surface area contributed by atoms with Gasteiger partial charge in [-0.1, -0.05) is 6.42 Å². The normalized spacial score (nSPS) is 23.0. The van der Waals surface area contributed by atoms with Gasteiger partial charge in [0.2, 0.25) is 0 Å². The number of hydrogen-bond acceptors (Lipinski definition) is 5. The van der Waals surface area contributed by atoms with Gasteiger partial charge in [-0.05, 0) is 44.4 Å². The van der Waals surface area contributed by atoms with Gasteiger partial charge in [0.1, 0.15) is 15.6 Å². The van der Waals surface area contributed by atoms with Gasteiger partial charge in [-0.15, -0.1) is 11.8 Å². The average molecular weight is 329 g/mol. The minimum absolute atomic E-state index is 0.208. The summed E-state index contributed by atoms with van der Waals surface area (Å²) in [6.07, 6.45) is 4.83. The largest absolute Gasteiger partial charge is 0.494 e. The standard InChI is InChI=1S/C15H23NO3S2/c1-3-19-11-7-8-14(16)15(9-11)20-12-5-4-6-13(10-12)21(2,17)18/h7-9,12-13H,3-6,10,16H2,1-2H3. The second-order valence-corrected chi connectivity index (χ2v) is 9.16. The van der Waals surface area contributed by atoms with Crippen molar-refractivity contribution in [1.82, 2.24) is 0 Å². The van der Waals surface area contributed by atoms with Gasteiger partial charge in [0.05, 0.1) is 11.9 Å². The summed E-state index contributed by atoms with van der Waals surface area (Å²) in [6.45, 7) is 2.56. The Kier molecular flexibility index (Phi) is 5.43. The van der Waals surface area contributed by atoms with Crippen molar-refractivity contribution >= 4 is 27.3 Å². The topological polar surface area (TPSA) is 69.4 Å². The van der Waals surface area contributed by atoms with E-state index in [1.165, 1.54) is 6.26 Å².